The third-order valence-electron chi connectivity index (χ3n) is 2.14. The SMILES string of the molecule is COc1ccc(Oc2cccc(C)n2)cc1. The van der Waals surface area contributed by atoms with Crippen molar-refractivity contribution in [3.05, 3.63) is 48.2 Å². The summed E-state index contributed by atoms with van der Waals surface area (Å²) >= 11 is 0. The maximum Gasteiger partial charge on any atom is 0.219 e. The summed E-state index contributed by atoms with van der Waals surface area (Å²) in [5.74, 6) is 2.16. The predicted molar refractivity (Wildman–Crippen MR) is 62.0 cm³/mol. The van der Waals surface area contributed by atoms with Crippen molar-refractivity contribution >= 4 is 0 Å². The molecular weight excluding hydrogens is 202 g/mol. The van der Waals surface area contributed by atoms with E-state index in [9.17, 15) is 0 Å². The summed E-state index contributed by atoms with van der Waals surface area (Å²) < 4.78 is 10.7. The summed E-state index contributed by atoms with van der Waals surface area (Å²) in [4.78, 5) is 4.26. The zero-order chi connectivity index (χ0) is 11.4. The quantitative estimate of drug-likeness (QED) is 0.787. The molecule has 82 valence electrons. The number of ether oxygens (including phenoxy) is 2. The average molecular weight is 215 g/mol. The molecule has 3 heteroatoms. The highest BCUT2D eigenvalue weighted by Crippen LogP contribution is 2.22. The van der Waals surface area contributed by atoms with Crippen LogP contribution in [0.4, 0.5) is 0 Å². The van der Waals surface area contributed by atoms with E-state index in [1.807, 2.05) is 49.4 Å². The van der Waals surface area contributed by atoms with Crippen molar-refractivity contribution in [1.29, 1.82) is 0 Å². The van der Waals surface area contributed by atoms with Gasteiger partial charge in [-0.25, -0.2) is 4.98 Å². The van der Waals surface area contributed by atoms with E-state index in [0.717, 1.165) is 17.2 Å². The molecule has 0 spiro atoms. The highest BCUT2D eigenvalue weighted by Gasteiger charge is 1.98. The lowest BCUT2D eigenvalue weighted by atomic mass is 10.3. The molecular formula is C13H13NO2. The van der Waals surface area contributed by atoms with E-state index in [1.54, 1.807) is 7.11 Å². The third-order valence-corrected chi connectivity index (χ3v) is 2.14. The lowest BCUT2D eigenvalue weighted by molar-refractivity contribution is 0.412. The zero-order valence-electron chi connectivity index (χ0n) is 9.31. The van der Waals surface area contributed by atoms with Crippen LogP contribution in [0.2, 0.25) is 0 Å². The molecule has 0 radical (unpaired) electrons. The van der Waals surface area contributed by atoms with E-state index in [1.165, 1.54) is 0 Å². The topological polar surface area (TPSA) is 31.4 Å². The van der Waals surface area contributed by atoms with Crippen LogP contribution in [0.3, 0.4) is 0 Å². The van der Waals surface area contributed by atoms with E-state index in [0.29, 0.717) is 5.88 Å². The Morgan fingerprint density at radius 3 is 2.25 bits per heavy atom. The normalized spacial score (nSPS) is 9.88. The molecule has 0 fully saturated rings. The van der Waals surface area contributed by atoms with Crippen LogP contribution in [0.25, 0.3) is 0 Å². The Kier molecular flexibility index (Phi) is 3.05. The summed E-state index contributed by atoms with van der Waals surface area (Å²) in [6.07, 6.45) is 0. The number of aryl methyl sites for hydroxylation is 1. The van der Waals surface area contributed by atoms with Gasteiger partial charge in [0, 0.05) is 11.8 Å². The number of aromatic nitrogens is 1. The molecule has 0 aliphatic carbocycles. The van der Waals surface area contributed by atoms with E-state index in [-0.39, 0.29) is 0 Å². The molecule has 0 aliphatic heterocycles. The fourth-order valence-corrected chi connectivity index (χ4v) is 1.34. The molecule has 0 amide bonds. The number of rotatable bonds is 3. The van der Waals surface area contributed by atoms with Gasteiger partial charge < -0.3 is 9.47 Å². The van der Waals surface area contributed by atoms with Crippen LogP contribution in [-0.4, -0.2) is 12.1 Å². The molecule has 0 N–H and O–H groups in total. The Labute approximate surface area is 94.7 Å². The van der Waals surface area contributed by atoms with Crippen molar-refractivity contribution in [2.24, 2.45) is 0 Å². The third kappa shape index (κ3) is 2.51. The summed E-state index contributed by atoms with van der Waals surface area (Å²) in [6, 6.07) is 13.1. The van der Waals surface area contributed by atoms with Crippen LogP contribution in [0.1, 0.15) is 5.69 Å². The molecule has 0 bridgehead atoms. The van der Waals surface area contributed by atoms with Crippen molar-refractivity contribution in [1.82, 2.24) is 4.98 Å². The van der Waals surface area contributed by atoms with Gasteiger partial charge in [0.05, 0.1) is 7.11 Å². The molecule has 0 aliphatic rings. The molecule has 1 heterocycles. The van der Waals surface area contributed by atoms with E-state index < -0.39 is 0 Å². The van der Waals surface area contributed by atoms with Gasteiger partial charge in [-0.3, -0.25) is 0 Å². The number of nitrogens with zero attached hydrogens (tertiary/aromatic N) is 1. The minimum absolute atomic E-state index is 0.602. The smallest absolute Gasteiger partial charge is 0.219 e. The molecule has 1 aromatic heterocycles. The highest BCUT2D eigenvalue weighted by molar-refractivity contribution is 5.33. The fraction of sp³-hybridized carbons (Fsp3) is 0.154. The Balaban J connectivity index is 2.14. The van der Waals surface area contributed by atoms with Crippen molar-refractivity contribution in [3.8, 4) is 17.4 Å². The first-order valence-corrected chi connectivity index (χ1v) is 5.03. The van der Waals surface area contributed by atoms with Gasteiger partial charge in [-0.2, -0.15) is 0 Å². The second kappa shape index (κ2) is 4.66. The summed E-state index contributed by atoms with van der Waals surface area (Å²) in [5, 5.41) is 0. The zero-order valence-corrected chi connectivity index (χ0v) is 9.31. The number of pyridine rings is 1. The van der Waals surface area contributed by atoms with Crippen molar-refractivity contribution < 1.29 is 9.47 Å². The first-order valence-electron chi connectivity index (χ1n) is 5.03. The van der Waals surface area contributed by atoms with Gasteiger partial charge in [-0.1, -0.05) is 6.07 Å². The van der Waals surface area contributed by atoms with E-state index in [2.05, 4.69) is 4.98 Å². The number of hydrogen-bond donors (Lipinski definition) is 0. The molecule has 3 nitrogen and oxygen atoms in total. The van der Waals surface area contributed by atoms with Crippen molar-refractivity contribution in [3.63, 3.8) is 0 Å². The van der Waals surface area contributed by atoms with Gasteiger partial charge in [0.2, 0.25) is 5.88 Å². The highest BCUT2D eigenvalue weighted by atomic mass is 16.5. The lowest BCUT2D eigenvalue weighted by Gasteiger charge is -2.05. The molecule has 1 aromatic carbocycles. The van der Waals surface area contributed by atoms with Gasteiger partial charge in [-0.15, -0.1) is 0 Å². The van der Waals surface area contributed by atoms with Gasteiger partial charge in [-0.05, 0) is 37.3 Å². The summed E-state index contributed by atoms with van der Waals surface area (Å²) in [6.45, 7) is 1.93. The Bertz CT molecular complexity index is 466. The van der Waals surface area contributed by atoms with Crippen LogP contribution >= 0.6 is 0 Å². The van der Waals surface area contributed by atoms with Gasteiger partial charge in [0.25, 0.3) is 0 Å². The Hall–Kier alpha value is -2.03. The maximum atomic E-state index is 5.59. The first kappa shape index (κ1) is 10.5. The van der Waals surface area contributed by atoms with Gasteiger partial charge in [0.15, 0.2) is 0 Å². The van der Waals surface area contributed by atoms with E-state index in [4.69, 9.17) is 9.47 Å². The molecule has 0 saturated heterocycles. The minimum Gasteiger partial charge on any atom is -0.497 e. The predicted octanol–water partition coefficient (Wildman–Crippen LogP) is 3.19. The standard InChI is InChI=1S/C13H13NO2/c1-10-4-3-5-13(14-10)16-12-8-6-11(15-2)7-9-12/h3-9H,1-2H3. The van der Waals surface area contributed by atoms with E-state index >= 15 is 0 Å². The number of hydrogen-bond acceptors (Lipinski definition) is 3. The maximum absolute atomic E-state index is 5.59. The molecule has 16 heavy (non-hydrogen) atoms. The first-order chi connectivity index (χ1) is 7.78. The van der Waals surface area contributed by atoms with Crippen molar-refractivity contribution in [2.75, 3.05) is 7.11 Å². The molecule has 2 rings (SSSR count). The Morgan fingerprint density at radius 2 is 1.62 bits per heavy atom. The molecule has 2 aromatic rings. The molecule has 0 unspecified atom stereocenters. The Morgan fingerprint density at radius 1 is 0.938 bits per heavy atom. The van der Waals surface area contributed by atoms with Gasteiger partial charge in [0.1, 0.15) is 11.5 Å². The second-order valence-corrected chi connectivity index (χ2v) is 3.39. The average Bonchev–Trinajstić information content (AvgIpc) is 2.30. The van der Waals surface area contributed by atoms with Crippen molar-refractivity contribution in [2.45, 2.75) is 6.92 Å². The van der Waals surface area contributed by atoms with Crippen LogP contribution in [0, 0.1) is 6.92 Å². The minimum atomic E-state index is 0.602. The van der Waals surface area contributed by atoms with Crippen LogP contribution in [-0.2, 0) is 0 Å². The fourth-order valence-electron chi connectivity index (χ4n) is 1.34. The number of benzene rings is 1. The summed E-state index contributed by atoms with van der Waals surface area (Å²) in [7, 11) is 1.64. The summed E-state index contributed by atoms with van der Waals surface area (Å²) in [5.41, 5.74) is 0.936. The monoisotopic (exact) mass is 215 g/mol. The number of methoxy groups -OCH3 is 1. The largest absolute Gasteiger partial charge is 0.497 e. The van der Waals surface area contributed by atoms with Crippen LogP contribution in [0.15, 0.2) is 42.5 Å². The molecule has 0 atom stereocenters. The molecule has 0 saturated carbocycles. The second-order valence-electron chi connectivity index (χ2n) is 3.39. The van der Waals surface area contributed by atoms with Crippen LogP contribution in [0.5, 0.6) is 17.4 Å². The van der Waals surface area contributed by atoms with Crippen LogP contribution < -0.4 is 9.47 Å². The van der Waals surface area contributed by atoms with Gasteiger partial charge >= 0.3 is 0 Å². The lowest BCUT2D eigenvalue weighted by Crippen LogP contribution is -1.89.